The summed E-state index contributed by atoms with van der Waals surface area (Å²) in [5.74, 6) is -0.856. The van der Waals surface area contributed by atoms with Crippen LogP contribution in [-0.4, -0.2) is 43.0 Å². The summed E-state index contributed by atoms with van der Waals surface area (Å²) in [5, 5.41) is 9.71. The second kappa shape index (κ2) is 5.80. The van der Waals surface area contributed by atoms with Gasteiger partial charge in [-0.15, -0.1) is 0 Å². The first-order valence-electron chi connectivity index (χ1n) is 6.45. The molecule has 7 heteroatoms. The standard InChI is InChI=1S/C13H17NO5S/c1-2-19-13(16)10-6-5-9-14(10)20(17,18)12-8-4-3-7-11(12)15/h3-4,7-8,10,15H,2,5-6,9H2,1H3. The molecule has 1 N–H and O–H groups in total. The van der Waals surface area contributed by atoms with E-state index in [1.165, 1.54) is 18.2 Å². The zero-order chi connectivity index (χ0) is 14.8. The number of hydrogen-bond donors (Lipinski definition) is 1. The number of para-hydroxylation sites is 1. The molecule has 1 aromatic carbocycles. The van der Waals surface area contributed by atoms with Crippen molar-refractivity contribution in [3.8, 4) is 5.75 Å². The topological polar surface area (TPSA) is 83.9 Å². The largest absolute Gasteiger partial charge is 0.507 e. The summed E-state index contributed by atoms with van der Waals surface area (Å²) in [5.41, 5.74) is 0. The van der Waals surface area contributed by atoms with Crippen molar-refractivity contribution >= 4 is 16.0 Å². The van der Waals surface area contributed by atoms with Gasteiger partial charge in [-0.05, 0) is 31.9 Å². The maximum Gasteiger partial charge on any atom is 0.324 e. The zero-order valence-corrected chi connectivity index (χ0v) is 12.0. The Balaban J connectivity index is 2.34. The molecule has 20 heavy (non-hydrogen) atoms. The predicted molar refractivity (Wildman–Crippen MR) is 71.7 cm³/mol. The maximum atomic E-state index is 12.5. The van der Waals surface area contributed by atoms with E-state index in [4.69, 9.17) is 4.74 Å². The van der Waals surface area contributed by atoms with Crippen LogP contribution in [0.25, 0.3) is 0 Å². The smallest absolute Gasteiger partial charge is 0.324 e. The Labute approximate surface area is 118 Å². The van der Waals surface area contributed by atoms with Gasteiger partial charge in [0.1, 0.15) is 16.7 Å². The monoisotopic (exact) mass is 299 g/mol. The summed E-state index contributed by atoms with van der Waals surface area (Å²) >= 11 is 0. The van der Waals surface area contributed by atoms with Crippen LogP contribution in [-0.2, 0) is 19.6 Å². The van der Waals surface area contributed by atoms with Crippen molar-refractivity contribution in [2.75, 3.05) is 13.2 Å². The van der Waals surface area contributed by atoms with Gasteiger partial charge in [-0.25, -0.2) is 8.42 Å². The van der Waals surface area contributed by atoms with Crippen molar-refractivity contribution in [2.24, 2.45) is 0 Å². The van der Waals surface area contributed by atoms with Gasteiger partial charge in [-0.1, -0.05) is 12.1 Å². The zero-order valence-electron chi connectivity index (χ0n) is 11.2. The normalized spacial score (nSPS) is 19.9. The fraction of sp³-hybridized carbons (Fsp3) is 0.462. The Bertz CT molecular complexity index is 599. The molecule has 1 saturated heterocycles. The number of benzene rings is 1. The fourth-order valence-electron chi connectivity index (χ4n) is 2.30. The minimum Gasteiger partial charge on any atom is -0.507 e. The highest BCUT2D eigenvalue weighted by Gasteiger charge is 2.41. The fourth-order valence-corrected chi connectivity index (χ4v) is 4.03. The van der Waals surface area contributed by atoms with Crippen molar-refractivity contribution in [1.29, 1.82) is 0 Å². The molecule has 1 aliphatic rings. The van der Waals surface area contributed by atoms with E-state index in [-0.39, 0.29) is 23.8 Å². The third-order valence-corrected chi connectivity index (χ3v) is 5.17. The van der Waals surface area contributed by atoms with Gasteiger partial charge in [-0.2, -0.15) is 4.31 Å². The molecule has 1 unspecified atom stereocenters. The van der Waals surface area contributed by atoms with E-state index in [0.29, 0.717) is 12.8 Å². The molecule has 2 rings (SSSR count). The van der Waals surface area contributed by atoms with Gasteiger partial charge in [0.15, 0.2) is 0 Å². The van der Waals surface area contributed by atoms with Gasteiger partial charge in [0.25, 0.3) is 0 Å². The highest BCUT2D eigenvalue weighted by atomic mass is 32.2. The average Bonchev–Trinajstić information content (AvgIpc) is 2.89. The number of phenolic OH excluding ortho intramolecular Hbond substituents is 1. The molecule has 1 atom stereocenters. The third kappa shape index (κ3) is 2.64. The van der Waals surface area contributed by atoms with Crippen molar-refractivity contribution in [3.63, 3.8) is 0 Å². The van der Waals surface area contributed by atoms with Crippen LogP contribution in [0.2, 0.25) is 0 Å². The first kappa shape index (κ1) is 14.8. The number of aromatic hydroxyl groups is 1. The van der Waals surface area contributed by atoms with Gasteiger partial charge in [0.05, 0.1) is 6.61 Å². The number of esters is 1. The number of sulfonamides is 1. The highest BCUT2D eigenvalue weighted by Crippen LogP contribution is 2.31. The molecule has 6 nitrogen and oxygen atoms in total. The molecule has 0 radical (unpaired) electrons. The van der Waals surface area contributed by atoms with Crippen molar-refractivity contribution in [3.05, 3.63) is 24.3 Å². The molecular formula is C13H17NO5S. The summed E-state index contributed by atoms with van der Waals surface area (Å²) in [6, 6.07) is 4.90. The van der Waals surface area contributed by atoms with Crippen LogP contribution in [0.4, 0.5) is 0 Å². The van der Waals surface area contributed by atoms with E-state index in [2.05, 4.69) is 0 Å². The van der Waals surface area contributed by atoms with Crippen LogP contribution in [0.1, 0.15) is 19.8 Å². The van der Waals surface area contributed by atoms with Gasteiger partial charge in [0.2, 0.25) is 10.0 Å². The number of hydrogen-bond acceptors (Lipinski definition) is 5. The molecule has 0 spiro atoms. The second-order valence-electron chi connectivity index (χ2n) is 4.49. The quantitative estimate of drug-likeness (QED) is 0.842. The van der Waals surface area contributed by atoms with E-state index >= 15 is 0 Å². The SMILES string of the molecule is CCOC(=O)C1CCCN1S(=O)(=O)c1ccccc1O. The van der Waals surface area contributed by atoms with Crippen molar-refractivity contribution in [2.45, 2.75) is 30.7 Å². The van der Waals surface area contributed by atoms with Crippen molar-refractivity contribution in [1.82, 2.24) is 4.31 Å². The van der Waals surface area contributed by atoms with Gasteiger partial charge in [-0.3, -0.25) is 4.79 Å². The number of phenols is 1. The maximum absolute atomic E-state index is 12.5. The molecule has 0 saturated carbocycles. The lowest BCUT2D eigenvalue weighted by molar-refractivity contribution is -0.146. The minimum atomic E-state index is -3.90. The van der Waals surface area contributed by atoms with Crippen LogP contribution >= 0.6 is 0 Å². The molecule has 1 fully saturated rings. The Morgan fingerprint density at radius 1 is 1.45 bits per heavy atom. The van der Waals surface area contributed by atoms with Gasteiger partial charge in [0, 0.05) is 6.54 Å². The molecule has 0 amide bonds. The Hall–Kier alpha value is -1.60. The minimum absolute atomic E-state index is 0.184. The van der Waals surface area contributed by atoms with E-state index in [1.807, 2.05) is 0 Å². The Kier molecular flexibility index (Phi) is 4.29. The lowest BCUT2D eigenvalue weighted by atomic mass is 10.2. The van der Waals surface area contributed by atoms with Crippen LogP contribution in [0.15, 0.2) is 29.2 Å². The Morgan fingerprint density at radius 2 is 2.15 bits per heavy atom. The summed E-state index contributed by atoms with van der Waals surface area (Å²) < 4.78 is 31.1. The number of carbonyl (C=O) groups is 1. The van der Waals surface area contributed by atoms with Gasteiger partial charge >= 0.3 is 5.97 Å². The first-order valence-corrected chi connectivity index (χ1v) is 7.89. The number of nitrogens with zero attached hydrogens (tertiary/aromatic N) is 1. The first-order chi connectivity index (χ1) is 9.48. The van der Waals surface area contributed by atoms with Crippen LogP contribution in [0, 0.1) is 0 Å². The number of ether oxygens (including phenoxy) is 1. The van der Waals surface area contributed by atoms with Crippen molar-refractivity contribution < 1.29 is 23.1 Å². The summed E-state index contributed by atoms with van der Waals surface area (Å²) in [6.45, 7) is 2.13. The highest BCUT2D eigenvalue weighted by molar-refractivity contribution is 7.89. The van der Waals surface area contributed by atoms with Crippen LogP contribution < -0.4 is 0 Å². The molecule has 0 aromatic heterocycles. The molecular weight excluding hydrogens is 282 g/mol. The summed E-state index contributed by atoms with van der Waals surface area (Å²) in [7, 11) is -3.90. The molecule has 110 valence electrons. The third-order valence-electron chi connectivity index (χ3n) is 3.21. The molecule has 0 aliphatic carbocycles. The lowest BCUT2D eigenvalue weighted by Crippen LogP contribution is -2.41. The number of carbonyl (C=O) groups excluding carboxylic acids is 1. The van der Waals surface area contributed by atoms with E-state index in [1.54, 1.807) is 13.0 Å². The molecule has 0 bridgehead atoms. The predicted octanol–water partition coefficient (Wildman–Crippen LogP) is 1.11. The van der Waals surface area contributed by atoms with Crippen LogP contribution in [0.3, 0.4) is 0 Å². The van der Waals surface area contributed by atoms with E-state index in [0.717, 1.165) is 4.31 Å². The summed E-state index contributed by atoms with van der Waals surface area (Å²) in [6.07, 6.45) is 1.03. The average molecular weight is 299 g/mol. The lowest BCUT2D eigenvalue weighted by Gasteiger charge is -2.22. The van der Waals surface area contributed by atoms with E-state index in [9.17, 15) is 18.3 Å². The van der Waals surface area contributed by atoms with Crippen LogP contribution in [0.5, 0.6) is 5.75 Å². The number of rotatable bonds is 4. The Morgan fingerprint density at radius 3 is 2.80 bits per heavy atom. The molecule has 1 aromatic rings. The molecule has 1 heterocycles. The summed E-state index contributed by atoms with van der Waals surface area (Å²) in [4.78, 5) is 11.6. The second-order valence-corrected chi connectivity index (χ2v) is 6.35. The van der Waals surface area contributed by atoms with Gasteiger partial charge < -0.3 is 9.84 Å². The molecule has 1 aliphatic heterocycles. The van der Waals surface area contributed by atoms with E-state index < -0.39 is 22.0 Å².